The molecule has 1 heterocycles. The summed E-state index contributed by atoms with van der Waals surface area (Å²) >= 11 is 4.60. The number of H-pyrrole nitrogens is 1. The monoisotopic (exact) mass is 362 g/mol. The first-order valence-electron chi connectivity index (χ1n) is 6.20. The zero-order valence-corrected chi connectivity index (χ0v) is 13.5. The fraction of sp³-hybridized carbons (Fsp3) is 0.0667. The van der Waals surface area contributed by atoms with Crippen molar-refractivity contribution in [2.24, 2.45) is 0 Å². The number of aromatic carboxylic acids is 1. The minimum absolute atomic E-state index is 0.256. The number of benzene rings is 2. The van der Waals surface area contributed by atoms with Crippen LogP contribution >= 0.6 is 27.7 Å². The quantitative estimate of drug-likeness (QED) is 0.720. The van der Waals surface area contributed by atoms with Crippen LogP contribution in [0, 0.1) is 6.92 Å². The van der Waals surface area contributed by atoms with Crippen molar-refractivity contribution in [1.29, 1.82) is 0 Å². The normalized spacial score (nSPS) is 11.0. The molecule has 0 aliphatic rings. The maximum absolute atomic E-state index is 11.3. The van der Waals surface area contributed by atoms with E-state index in [1.165, 1.54) is 11.8 Å². The number of carboxylic acid groups (broad SMARTS) is 1. The lowest BCUT2D eigenvalue weighted by molar-refractivity contribution is 0.0693. The van der Waals surface area contributed by atoms with E-state index in [1.54, 1.807) is 12.1 Å². The number of carboxylic acids is 1. The number of aryl methyl sites for hydroxylation is 1. The third-order valence-electron chi connectivity index (χ3n) is 2.99. The predicted octanol–water partition coefficient (Wildman–Crippen LogP) is 4.48. The molecule has 0 aliphatic heterocycles. The Morgan fingerprint density at radius 1 is 1.29 bits per heavy atom. The molecule has 1 aromatic heterocycles. The summed E-state index contributed by atoms with van der Waals surface area (Å²) in [7, 11) is 0. The summed E-state index contributed by atoms with van der Waals surface area (Å²) in [6.07, 6.45) is 0. The number of halogens is 1. The average Bonchev–Trinajstić information content (AvgIpc) is 2.82. The molecule has 21 heavy (non-hydrogen) atoms. The van der Waals surface area contributed by atoms with Crippen LogP contribution in [0.2, 0.25) is 0 Å². The number of aromatic nitrogens is 2. The van der Waals surface area contributed by atoms with E-state index in [4.69, 9.17) is 0 Å². The van der Waals surface area contributed by atoms with Crippen LogP contribution in [0.15, 0.2) is 50.9 Å². The fourth-order valence-corrected chi connectivity index (χ4v) is 3.28. The van der Waals surface area contributed by atoms with Crippen LogP contribution in [0.4, 0.5) is 0 Å². The van der Waals surface area contributed by atoms with E-state index in [0.717, 1.165) is 21.1 Å². The Morgan fingerprint density at radius 3 is 2.86 bits per heavy atom. The molecule has 0 unspecified atom stereocenters. The van der Waals surface area contributed by atoms with Gasteiger partial charge in [-0.1, -0.05) is 33.8 Å². The molecule has 6 heteroatoms. The third kappa shape index (κ3) is 2.96. The number of aromatic amines is 1. The van der Waals surface area contributed by atoms with Crippen LogP contribution < -0.4 is 0 Å². The molecule has 3 rings (SSSR count). The van der Waals surface area contributed by atoms with Crippen LogP contribution in [0.1, 0.15) is 15.9 Å². The summed E-state index contributed by atoms with van der Waals surface area (Å²) in [5.74, 6) is -0.953. The van der Waals surface area contributed by atoms with E-state index in [9.17, 15) is 9.90 Å². The van der Waals surface area contributed by atoms with Gasteiger partial charge in [0, 0.05) is 9.37 Å². The highest BCUT2D eigenvalue weighted by atomic mass is 79.9. The summed E-state index contributed by atoms with van der Waals surface area (Å²) in [5, 5.41) is 9.96. The molecular formula is C15H11BrN2O2S. The van der Waals surface area contributed by atoms with E-state index in [0.29, 0.717) is 10.1 Å². The van der Waals surface area contributed by atoms with Crippen molar-refractivity contribution in [3.05, 3.63) is 52.0 Å². The number of hydrogen-bond donors (Lipinski definition) is 2. The molecule has 0 spiro atoms. The molecule has 0 radical (unpaired) electrons. The molecule has 0 fully saturated rings. The number of imidazole rings is 1. The lowest BCUT2D eigenvalue weighted by atomic mass is 10.2. The van der Waals surface area contributed by atoms with Crippen molar-refractivity contribution < 1.29 is 9.90 Å². The van der Waals surface area contributed by atoms with Gasteiger partial charge in [0.1, 0.15) is 0 Å². The van der Waals surface area contributed by atoms with Crippen molar-refractivity contribution in [2.75, 3.05) is 0 Å². The van der Waals surface area contributed by atoms with Gasteiger partial charge in [-0.2, -0.15) is 0 Å². The minimum Gasteiger partial charge on any atom is -0.478 e. The van der Waals surface area contributed by atoms with E-state index in [2.05, 4.69) is 25.9 Å². The highest BCUT2D eigenvalue weighted by molar-refractivity contribution is 9.10. The van der Waals surface area contributed by atoms with Crippen LogP contribution in [0.25, 0.3) is 11.0 Å². The van der Waals surface area contributed by atoms with E-state index >= 15 is 0 Å². The molecule has 4 nitrogen and oxygen atoms in total. The summed E-state index contributed by atoms with van der Waals surface area (Å²) in [6, 6.07) is 11.2. The first kappa shape index (κ1) is 14.2. The number of nitrogens with zero attached hydrogens (tertiary/aromatic N) is 1. The zero-order chi connectivity index (χ0) is 15.0. The first-order chi connectivity index (χ1) is 10.0. The molecule has 0 aliphatic carbocycles. The number of nitrogens with one attached hydrogen (secondary N) is 1. The second-order valence-corrected chi connectivity index (χ2v) is 6.56. The number of carbonyl (C=O) groups is 1. The lowest BCUT2D eigenvalue weighted by Crippen LogP contribution is -1.98. The van der Waals surface area contributed by atoms with Crippen LogP contribution in [-0.4, -0.2) is 21.0 Å². The second kappa shape index (κ2) is 5.54. The topological polar surface area (TPSA) is 66.0 Å². The van der Waals surface area contributed by atoms with Gasteiger partial charge in [0.25, 0.3) is 0 Å². The summed E-state index contributed by atoms with van der Waals surface area (Å²) in [6.45, 7) is 2.02. The lowest BCUT2D eigenvalue weighted by Gasteiger charge is -2.04. The standard InChI is InChI=1S/C15H11BrN2O2S/c1-8-2-4-11-12(6-8)18-15(17-11)21-13-5-3-9(16)7-10(13)14(19)20/h2-7H,1H3,(H,17,18)(H,19,20). The number of fused-ring (bicyclic) bond motifs is 1. The van der Waals surface area contributed by atoms with Crippen molar-refractivity contribution in [3.63, 3.8) is 0 Å². The van der Waals surface area contributed by atoms with Crippen molar-refractivity contribution in [2.45, 2.75) is 17.0 Å². The van der Waals surface area contributed by atoms with Gasteiger partial charge in [0.05, 0.1) is 16.6 Å². The largest absolute Gasteiger partial charge is 0.478 e. The molecule has 0 saturated heterocycles. The Kier molecular flexibility index (Phi) is 3.73. The van der Waals surface area contributed by atoms with Gasteiger partial charge in [0.15, 0.2) is 5.16 Å². The first-order valence-corrected chi connectivity index (χ1v) is 7.81. The minimum atomic E-state index is -0.953. The maximum atomic E-state index is 11.3. The molecule has 3 aromatic rings. The van der Waals surface area contributed by atoms with Gasteiger partial charge >= 0.3 is 5.97 Å². The molecule has 0 bridgehead atoms. The third-order valence-corrected chi connectivity index (χ3v) is 4.45. The van der Waals surface area contributed by atoms with Crippen LogP contribution in [0.5, 0.6) is 0 Å². The fourth-order valence-electron chi connectivity index (χ4n) is 2.01. The molecular weight excluding hydrogens is 352 g/mol. The zero-order valence-electron chi connectivity index (χ0n) is 11.1. The number of hydrogen-bond acceptors (Lipinski definition) is 3. The van der Waals surface area contributed by atoms with Gasteiger partial charge in [-0.3, -0.25) is 0 Å². The Balaban J connectivity index is 2.00. The van der Waals surface area contributed by atoms with Crippen molar-refractivity contribution in [1.82, 2.24) is 9.97 Å². The molecule has 106 valence electrons. The molecule has 0 amide bonds. The Bertz CT molecular complexity index is 845. The average molecular weight is 363 g/mol. The van der Waals surface area contributed by atoms with Crippen molar-refractivity contribution >= 4 is 44.7 Å². The SMILES string of the molecule is Cc1ccc2nc(Sc3ccc(Br)cc3C(=O)O)[nH]c2c1. The van der Waals surface area contributed by atoms with Gasteiger partial charge in [-0.25, -0.2) is 9.78 Å². The number of rotatable bonds is 3. The van der Waals surface area contributed by atoms with E-state index in [-0.39, 0.29) is 5.56 Å². The predicted molar refractivity (Wildman–Crippen MR) is 86.1 cm³/mol. The highest BCUT2D eigenvalue weighted by Crippen LogP contribution is 2.31. The second-order valence-electron chi connectivity index (χ2n) is 4.61. The highest BCUT2D eigenvalue weighted by Gasteiger charge is 2.13. The van der Waals surface area contributed by atoms with E-state index < -0.39 is 5.97 Å². The summed E-state index contributed by atoms with van der Waals surface area (Å²) in [5.41, 5.74) is 3.23. The van der Waals surface area contributed by atoms with Crippen LogP contribution in [-0.2, 0) is 0 Å². The summed E-state index contributed by atoms with van der Waals surface area (Å²) < 4.78 is 0.740. The van der Waals surface area contributed by atoms with E-state index in [1.807, 2.05) is 31.2 Å². The van der Waals surface area contributed by atoms with Gasteiger partial charge in [-0.05, 0) is 42.8 Å². The Morgan fingerprint density at radius 2 is 2.10 bits per heavy atom. The van der Waals surface area contributed by atoms with Crippen molar-refractivity contribution in [3.8, 4) is 0 Å². The Hall–Kier alpha value is -1.79. The molecule has 2 N–H and O–H groups in total. The summed E-state index contributed by atoms with van der Waals surface area (Å²) in [4.78, 5) is 19.7. The van der Waals surface area contributed by atoms with Gasteiger partial charge in [0.2, 0.25) is 0 Å². The maximum Gasteiger partial charge on any atom is 0.336 e. The smallest absolute Gasteiger partial charge is 0.336 e. The molecule has 0 atom stereocenters. The van der Waals surface area contributed by atoms with Gasteiger partial charge < -0.3 is 10.1 Å². The molecule has 2 aromatic carbocycles. The van der Waals surface area contributed by atoms with Gasteiger partial charge in [-0.15, -0.1) is 0 Å². The van der Waals surface area contributed by atoms with Crippen LogP contribution in [0.3, 0.4) is 0 Å². The molecule has 0 saturated carbocycles. The Labute approximate surface area is 133 Å².